The Balaban J connectivity index is 1.92. The molecule has 0 saturated carbocycles. The van der Waals surface area contributed by atoms with Gasteiger partial charge < -0.3 is 9.84 Å². The molecule has 1 amide bonds. The van der Waals surface area contributed by atoms with E-state index in [0.717, 1.165) is 21.0 Å². The van der Waals surface area contributed by atoms with E-state index in [1.54, 1.807) is 25.1 Å². The number of amides is 1. The number of carbonyl (C=O) groups is 3. The van der Waals surface area contributed by atoms with Gasteiger partial charge in [-0.3, -0.25) is 14.5 Å². The van der Waals surface area contributed by atoms with Crippen LogP contribution in [-0.4, -0.2) is 53.2 Å². The van der Waals surface area contributed by atoms with Gasteiger partial charge in [-0.1, -0.05) is 48.5 Å². The van der Waals surface area contributed by atoms with Gasteiger partial charge >= 0.3 is 11.9 Å². The molecule has 9 heteroatoms. The fourth-order valence-corrected chi connectivity index (χ4v) is 4.12. The first-order valence-electron chi connectivity index (χ1n) is 10.9. The van der Waals surface area contributed by atoms with Crippen LogP contribution in [0.25, 0.3) is 0 Å². The summed E-state index contributed by atoms with van der Waals surface area (Å²) in [5.41, 5.74) is 2.23. The summed E-state index contributed by atoms with van der Waals surface area (Å²) in [6, 6.07) is 14.3. The molecule has 1 N–H and O–H groups in total. The third-order valence-electron chi connectivity index (χ3n) is 5.65. The van der Waals surface area contributed by atoms with Gasteiger partial charge in [-0.25, -0.2) is 9.80 Å². The number of benzene rings is 2. The lowest BCUT2D eigenvalue weighted by Gasteiger charge is -2.32. The van der Waals surface area contributed by atoms with E-state index in [0.29, 0.717) is 18.5 Å². The maximum atomic E-state index is 13.5. The number of hydrogen-bond donors (Lipinski definition) is 1. The van der Waals surface area contributed by atoms with Gasteiger partial charge in [0.1, 0.15) is 18.6 Å². The second-order valence-corrected chi connectivity index (χ2v) is 7.76. The van der Waals surface area contributed by atoms with Crippen LogP contribution in [0, 0.1) is 4.91 Å². The molecule has 2 aromatic rings. The van der Waals surface area contributed by atoms with Crippen LogP contribution < -0.4 is 4.90 Å². The molecule has 0 radical (unpaired) electrons. The zero-order chi connectivity index (χ0) is 23.8. The Bertz CT molecular complexity index is 997. The van der Waals surface area contributed by atoms with Crippen molar-refractivity contribution in [3.63, 3.8) is 0 Å². The Hall–Kier alpha value is -3.75. The van der Waals surface area contributed by atoms with Crippen LogP contribution in [0.15, 0.2) is 59.9 Å². The van der Waals surface area contributed by atoms with Gasteiger partial charge in [-0.2, -0.15) is 0 Å². The van der Waals surface area contributed by atoms with E-state index in [9.17, 15) is 24.4 Å². The van der Waals surface area contributed by atoms with Gasteiger partial charge in [-0.15, -0.1) is 4.91 Å². The monoisotopic (exact) mass is 453 g/mol. The minimum Gasteiger partial charge on any atom is -0.480 e. The van der Waals surface area contributed by atoms with Crippen LogP contribution in [0.3, 0.4) is 0 Å². The Morgan fingerprint density at radius 1 is 1.18 bits per heavy atom. The molecule has 2 atom stereocenters. The lowest BCUT2D eigenvalue weighted by atomic mass is 10.0. The molecule has 2 unspecified atom stereocenters. The van der Waals surface area contributed by atoms with Crippen LogP contribution in [-0.2, 0) is 32.0 Å². The maximum absolute atomic E-state index is 13.5. The van der Waals surface area contributed by atoms with Crippen molar-refractivity contribution in [3.05, 3.63) is 70.6 Å². The smallest absolute Gasteiger partial charge is 0.330 e. The first-order chi connectivity index (χ1) is 16.0. The topological polar surface area (TPSA) is 117 Å². The largest absolute Gasteiger partial charge is 0.480 e. The summed E-state index contributed by atoms with van der Waals surface area (Å²) in [5, 5.41) is 13.4. The van der Waals surface area contributed by atoms with Crippen molar-refractivity contribution in [2.45, 2.75) is 44.7 Å². The predicted octanol–water partition coefficient (Wildman–Crippen LogP) is 2.97. The average Bonchev–Trinajstić information content (AvgIpc) is 2.94. The van der Waals surface area contributed by atoms with Gasteiger partial charge in [0.15, 0.2) is 0 Å². The summed E-state index contributed by atoms with van der Waals surface area (Å²) in [4.78, 5) is 50.9. The van der Waals surface area contributed by atoms with Gasteiger partial charge in [-0.05, 0) is 49.8 Å². The minimum absolute atomic E-state index is 0.114. The molecule has 0 aliphatic carbocycles. The molecule has 0 aromatic heterocycles. The number of nitrogens with zero attached hydrogens (tertiary/aromatic N) is 3. The molecule has 0 saturated heterocycles. The number of aryl methyl sites for hydroxylation is 2. The lowest BCUT2D eigenvalue weighted by Crippen LogP contribution is -2.53. The molecular weight excluding hydrogens is 426 g/mol. The quantitative estimate of drug-likeness (QED) is 0.334. The maximum Gasteiger partial charge on any atom is 0.330 e. The predicted molar refractivity (Wildman–Crippen MR) is 121 cm³/mol. The zero-order valence-corrected chi connectivity index (χ0v) is 18.4. The van der Waals surface area contributed by atoms with E-state index in [1.807, 2.05) is 36.4 Å². The van der Waals surface area contributed by atoms with Crippen molar-refractivity contribution < 1.29 is 24.2 Å². The normalized spacial score (nSPS) is 16.3. The molecule has 0 fully saturated rings. The number of aliphatic carboxylic acids is 1. The number of ether oxygens (including phenoxy) is 1. The second kappa shape index (κ2) is 11.2. The molecular formula is C24H27N3O6. The SMILES string of the molecule is CCOC(=O)C(CCc1ccccc1)N(N=O)C1CCc2ccccc2N(CC(=O)O)C1=O. The number of hydrogen-bond acceptors (Lipinski definition) is 6. The summed E-state index contributed by atoms with van der Waals surface area (Å²) >= 11 is 0. The molecule has 0 spiro atoms. The van der Waals surface area contributed by atoms with Crippen molar-refractivity contribution in [1.82, 2.24) is 5.01 Å². The van der Waals surface area contributed by atoms with Crippen LogP contribution in [0.1, 0.15) is 30.9 Å². The molecule has 174 valence electrons. The first kappa shape index (κ1) is 23.9. The van der Waals surface area contributed by atoms with E-state index in [4.69, 9.17) is 4.74 Å². The molecule has 3 rings (SSSR count). The highest BCUT2D eigenvalue weighted by molar-refractivity contribution is 6.02. The number of carboxylic acid groups (broad SMARTS) is 1. The number of carbonyl (C=O) groups excluding carboxylic acids is 2. The number of fused-ring (bicyclic) bond motifs is 1. The molecule has 1 aliphatic heterocycles. The fourth-order valence-electron chi connectivity index (χ4n) is 4.12. The number of anilines is 1. The molecule has 9 nitrogen and oxygen atoms in total. The van der Waals surface area contributed by atoms with Crippen molar-refractivity contribution in [2.75, 3.05) is 18.1 Å². The molecule has 33 heavy (non-hydrogen) atoms. The van der Waals surface area contributed by atoms with Crippen LogP contribution in [0.4, 0.5) is 5.69 Å². The third-order valence-corrected chi connectivity index (χ3v) is 5.65. The number of carboxylic acids is 1. The van der Waals surface area contributed by atoms with E-state index < -0.39 is 36.5 Å². The Morgan fingerprint density at radius 2 is 1.88 bits per heavy atom. The first-order valence-corrected chi connectivity index (χ1v) is 10.9. The Morgan fingerprint density at radius 3 is 2.55 bits per heavy atom. The third kappa shape index (κ3) is 5.74. The van der Waals surface area contributed by atoms with Crippen LogP contribution >= 0.6 is 0 Å². The van der Waals surface area contributed by atoms with Crippen molar-refractivity contribution in [2.24, 2.45) is 5.29 Å². The highest BCUT2D eigenvalue weighted by Gasteiger charge is 2.41. The molecule has 1 heterocycles. The minimum atomic E-state index is -1.18. The van der Waals surface area contributed by atoms with Crippen molar-refractivity contribution >= 4 is 23.5 Å². The Kier molecular flexibility index (Phi) is 8.12. The van der Waals surface area contributed by atoms with Gasteiger partial charge in [0, 0.05) is 5.69 Å². The van der Waals surface area contributed by atoms with E-state index in [-0.39, 0.29) is 19.4 Å². The number of esters is 1. The zero-order valence-electron chi connectivity index (χ0n) is 18.4. The highest BCUT2D eigenvalue weighted by Crippen LogP contribution is 2.30. The standard InChI is InChI=1S/C24H27N3O6/c1-2-33-24(31)21(14-12-17-8-4-3-5-9-17)27(25-32)20-15-13-18-10-6-7-11-19(18)26(23(20)30)16-22(28)29/h3-11,20-21H,2,12-16H2,1H3,(H,28,29). The average molecular weight is 453 g/mol. The summed E-state index contributed by atoms with van der Waals surface area (Å²) in [5.74, 6) is -2.42. The molecule has 1 aliphatic rings. The van der Waals surface area contributed by atoms with Gasteiger partial charge in [0.05, 0.1) is 11.9 Å². The van der Waals surface area contributed by atoms with Crippen molar-refractivity contribution in [3.8, 4) is 0 Å². The van der Waals surface area contributed by atoms with E-state index in [2.05, 4.69) is 5.29 Å². The second-order valence-electron chi connectivity index (χ2n) is 7.76. The molecule has 0 bridgehead atoms. The molecule has 2 aromatic carbocycles. The summed E-state index contributed by atoms with van der Waals surface area (Å²) in [7, 11) is 0. The van der Waals surface area contributed by atoms with Crippen molar-refractivity contribution in [1.29, 1.82) is 0 Å². The summed E-state index contributed by atoms with van der Waals surface area (Å²) in [6.07, 6.45) is 1.31. The highest BCUT2D eigenvalue weighted by atomic mass is 16.5. The summed E-state index contributed by atoms with van der Waals surface area (Å²) in [6.45, 7) is 1.21. The number of para-hydroxylation sites is 1. The fraction of sp³-hybridized carbons (Fsp3) is 0.375. The lowest BCUT2D eigenvalue weighted by molar-refractivity contribution is -0.152. The number of rotatable bonds is 10. The van der Waals surface area contributed by atoms with Gasteiger partial charge in [0.25, 0.3) is 5.91 Å². The van der Waals surface area contributed by atoms with Gasteiger partial charge in [0.2, 0.25) is 0 Å². The Labute approximate surface area is 191 Å². The van der Waals surface area contributed by atoms with E-state index in [1.165, 1.54) is 0 Å². The summed E-state index contributed by atoms with van der Waals surface area (Å²) < 4.78 is 5.19. The van der Waals surface area contributed by atoms with E-state index >= 15 is 0 Å². The van der Waals surface area contributed by atoms with Crippen LogP contribution in [0.2, 0.25) is 0 Å². The number of nitroso groups, excluding NO2 is 1. The van der Waals surface area contributed by atoms with Crippen LogP contribution in [0.5, 0.6) is 0 Å².